The molecule has 0 aromatic heterocycles. The van der Waals surface area contributed by atoms with Crippen LogP contribution in [0.4, 0.5) is 0 Å². The van der Waals surface area contributed by atoms with E-state index in [2.05, 4.69) is 18.7 Å². The lowest BCUT2D eigenvalue weighted by atomic mass is 10.0. The molecule has 4 nitrogen and oxygen atoms in total. The van der Waals surface area contributed by atoms with Crippen molar-refractivity contribution in [2.75, 3.05) is 6.73 Å². The molecule has 4 rings (SSSR count). The molecule has 2 aromatic carbocycles. The number of rotatable bonds is 2. The number of carbonyl (C=O) groups is 1. The molecule has 2 aliphatic rings. The number of nitrogens with zero attached hydrogens (tertiary/aromatic N) is 1. The van der Waals surface area contributed by atoms with Gasteiger partial charge in [0.05, 0.1) is 11.1 Å². The second kappa shape index (κ2) is 6.62. The van der Waals surface area contributed by atoms with Gasteiger partial charge in [-0.15, -0.1) is 0 Å². The van der Waals surface area contributed by atoms with Crippen LogP contribution in [0.1, 0.15) is 35.3 Å². The summed E-state index contributed by atoms with van der Waals surface area (Å²) in [5.41, 5.74) is 2.00. The van der Waals surface area contributed by atoms with E-state index < -0.39 is 0 Å². The van der Waals surface area contributed by atoms with Gasteiger partial charge in [-0.25, -0.2) is 0 Å². The molecule has 0 saturated carbocycles. The number of allylic oxidation sites excluding steroid dienone is 1. The fourth-order valence-electron chi connectivity index (χ4n) is 3.09. The van der Waals surface area contributed by atoms with Gasteiger partial charge < -0.3 is 9.47 Å². The van der Waals surface area contributed by atoms with E-state index in [-0.39, 0.29) is 11.5 Å². The zero-order chi connectivity index (χ0) is 18.4. The molecular formula is C20H17Cl2NO3. The fourth-order valence-corrected chi connectivity index (χ4v) is 3.59. The Labute approximate surface area is 161 Å². The van der Waals surface area contributed by atoms with Crippen LogP contribution in [-0.4, -0.2) is 23.5 Å². The Bertz CT molecular complexity index is 917. The summed E-state index contributed by atoms with van der Waals surface area (Å²) in [5, 5.41) is 0.933. The van der Waals surface area contributed by atoms with Crippen molar-refractivity contribution < 1.29 is 14.3 Å². The lowest BCUT2D eigenvalue weighted by molar-refractivity contribution is 0.0674. The van der Waals surface area contributed by atoms with E-state index in [1.165, 1.54) is 0 Å². The second-order valence-corrected chi connectivity index (χ2v) is 7.42. The van der Waals surface area contributed by atoms with Crippen LogP contribution in [0.25, 0.3) is 6.08 Å². The van der Waals surface area contributed by atoms with E-state index in [0.29, 0.717) is 46.2 Å². The number of hydrogen-bond acceptors (Lipinski definition) is 4. The minimum atomic E-state index is -0.180. The van der Waals surface area contributed by atoms with E-state index in [1.807, 2.05) is 6.07 Å². The maximum Gasteiger partial charge on any atom is 0.231 e. The first-order chi connectivity index (χ1) is 12.5. The maximum atomic E-state index is 12.8. The quantitative estimate of drug-likeness (QED) is 0.664. The smallest absolute Gasteiger partial charge is 0.231 e. The van der Waals surface area contributed by atoms with E-state index in [9.17, 15) is 4.79 Å². The maximum absolute atomic E-state index is 12.8. The van der Waals surface area contributed by atoms with Crippen molar-refractivity contribution >= 4 is 35.1 Å². The minimum absolute atomic E-state index is 0.180. The van der Waals surface area contributed by atoms with E-state index in [4.69, 9.17) is 32.7 Å². The molecule has 0 spiro atoms. The van der Waals surface area contributed by atoms with Crippen molar-refractivity contribution in [1.29, 1.82) is 0 Å². The highest BCUT2D eigenvalue weighted by molar-refractivity contribution is 6.37. The van der Waals surface area contributed by atoms with E-state index in [1.54, 1.807) is 30.3 Å². The molecule has 0 saturated heterocycles. The summed E-state index contributed by atoms with van der Waals surface area (Å²) in [7, 11) is 0. The van der Waals surface area contributed by atoms with Gasteiger partial charge in [0.25, 0.3) is 0 Å². The molecule has 0 fully saturated rings. The van der Waals surface area contributed by atoms with Crippen LogP contribution >= 0.6 is 23.2 Å². The lowest BCUT2D eigenvalue weighted by Gasteiger charge is -2.32. The van der Waals surface area contributed by atoms with E-state index >= 15 is 0 Å². The number of hydrogen-bond donors (Lipinski definition) is 0. The third kappa shape index (κ3) is 2.88. The summed E-state index contributed by atoms with van der Waals surface area (Å²) in [6.07, 6.45) is 1.60. The van der Waals surface area contributed by atoms with Crippen LogP contribution in [0.15, 0.2) is 36.1 Å². The van der Waals surface area contributed by atoms with Crippen molar-refractivity contribution in [2.45, 2.75) is 26.4 Å². The molecule has 6 heteroatoms. The molecule has 0 atom stereocenters. The summed E-state index contributed by atoms with van der Waals surface area (Å²) in [4.78, 5) is 15.0. The molecule has 0 bridgehead atoms. The van der Waals surface area contributed by atoms with Gasteiger partial charge in [-0.2, -0.15) is 0 Å². The first-order valence-electron chi connectivity index (χ1n) is 8.36. The number of carbonyl (C=O) groups excluding carboxylic acids is 1. The molecule has 0 amide bonds. The van der Waals surface area contributed by atoms with Crippen molar-refractivity contribution in [3.8, 4) is 11.5 Å². The van der Waals surface area contributed by atoms with Crippen molar-refractivity contribution in [1.82, 2.24) is 4.90 Å². The predicted octanol–water partition coefficient (Wildman–Crippen LogP) is 5.17. The third-order valence-electron chi connectivity index (χ3n) is 4.65. The third-order valence-corrected chi connectivity index (χ3v) is 5.31. The number of ether oxygens (including phenoxy) is 2. The van der Waals surface area contributed by atoms with Gasteiger partial charge >= 0.3 is 0 Å². The summed E-state index contributed by atoms with van der Waals surface area (Å²) in [5.74, 6) is 1.35. The number of fused-ring (bicyclic) bond motifs is 3. The number of halogens is 2. The molecule has 0 N–H and O–H groups in total. The Hall–Kier alpha value is -2.01. The highest BCUT2D eigenvalue weighted by Gasteiger charge is 2.34. The second-order valence-electron chi connectivity index (χ2n) is 6.61. The highest BCUT2D eigenvalue weighted by atomic mass is 35.5. The van der Waals surface area contributed by atoms with Gasteiger partial charge in [0.2, 0.25) is 5.78 Å². The summed E-state index contributed by atoms with van der Waals surface area (Å²) >= 11 is 12.4. The van der Waals surface area contributed by atoms with Gasteiger partial charge in [-0.05, 0) is 44.2 Å². The zero-order valence-corrected chi connectivity index (χ0v) is 15.9. The summed E-state index contributed by atoms with van der Waals surface area (Å²) in [6.45, 7) is 5.40. The number of Topliss-reactive ketones (excluding diaryl/α,β-unsaturated/α-hetero) is 1. The van der Waals surface area contributed by atoms with Crippen molar-refractivity contribution in [3.05, 3.63) is 62.8 Å². The SMILES string of the molecule is CC(C)N1COc2ccc3c(c2C1)O/C(=C\c1c(Cl)cccc1Cl)C3=O. The monoisotopic (exact) mass is 389 g/mol. The molecule has 0 aliphatic carbocycles. The molecule has 2 aliphatic heterocycles. The lowest BCUT2D eigenvalue weighted by Crippen LogP contribution is -2.37. The summed E-state index contributed by atoms with van der Waals surface area (Å²) < 4.78 is 11.8. The summed E-state index contributed by atoms with van der Waals surface area (Å²) in [6, 6.07) is 9.11. The van der Waals surface area contributed by atoms with Crippen LogP contribution in [0.2, 0.25) is 10.0 Å². The Morgan fingerprint density at radius 3 is 2.58 bits per heavy atom. The van der Waals surface area contributed by atoms with Gasteiger partial charge in [0.1, 0.15) is 18.2 Å². The van der Waals surface area contributed by atoms with Gasteiger partial charge in [0.15, 0.2) is 5.76 Å². The largest absolute Gasteiger partial charge is 0.478 e. The van der Waals surface area contributed by atoms with Crippen LogP contribution in [0, 0.1) is 0 Å². The van der Waals surface area contributed by atoms with Gasteiger partial charge in [0, 0.05) is 28.2 Å². The molecule has 0 unspecified atom stereocenters. The van der Waals surface area contributed by atoms with Gasteiger partial charge in [-0.3, -0.25) is 9.69 Å². The topological polar surface area (TPSA) is 38.8 Å². The first kappa shape index (κ1) is 17.4. The molecule has 0 radical (unpaired) electrons. The average Bonchev–Trinajstić information content (AvgIpc) is 2.94. The standard InChI is InChI=1S/C20H17Cl2NO3/c1-11(2)23-9-14-17(25-10-23)7-6-12-19(24)18(26-20(12)14)8-13-15(21)4-3-5-16(13)22/h3-8,11H,9-10H2,1-2H3/b18-8-. The highest BCUT2D eigenvalue weighted by Crippen LogP contribution is 2.42. The first-order valence-corrected chi connectivity index (χ1v) is 9.12. The average molecular weight is 390 g/mol. The molecule has 26 heavy (non-hydrogen) atoms. The van der Waals surface area contributed by atoms with Crippen molar-refractivity contribution in [3.63, 3.8) is 0 Å². The number of benzene rings is 2. The fraction of sp³-hybridized carbons (Fsp3) is 0.250. The molecule has 2 heterocycles. The van der Waals surface area contributed by atoms with E-state index in [0.717, 1.165) is 11.3 Å². The van der Waals surface area contributed by atoms with Crippen LogP contribution in [0.3, 0.4) is 0 Å². The zero-order valence-electron chi connectivity index (χ0n) is 14.4. The normalized spacial score (nSPS) is 17.9. The minimum Gasteiger partial charge on any atom is -0.478 e. The Balaban J connectivity index is 1.75. The number of ketones is 1. The molecule has 2 aromatic rings. The van der Waals surface area contributed by atoms with Crippen LogP contribution in [-0.2, 0) is 6.54 Å². The van der Waals surface area contributed by atoms with Crippen LogP contribution in [0.5, 0.6) is 11.5 Å². The molecular weight excluding hydrogens is 373 g/mol. The Kier molecular flexibility index (Phi) is 4.43. The molecule has 134 valence electrons. The Morgan fingerprint density at radius 1 is 1.15 bits per heavy atom. The predicted molar refractivity (Wildman–Crippen MR) is 102 cm³/mol. The Morgan fingerprint density at radius 2 is 1.88 bits per heavy atom. The van der Waals surface area contributed by atoms with Gasteiger partial charge in [-0.1, -0.05) is 29.3 Å². The van der Waals surface area contributed by atoms with Crippen LogP contribution < -0.4 is 9.47 Å². The van der Waals surface area contributed by atoms with Crippen molar-refractivity contribution in [2.24, 2.45) is 0 Å².